The Morgan fingerprint density at radius 2 is 1.82 bits per heavy atom. The van der Waals surface area contributed by atoms with Crippen LogP contribution in [0.5, 0.6) is 0 Å². The number of Topliss-reactive ketones (excluding diaryl/α,β-unsaturated/α-hetero) is 3. The zero-order valence-electron chi connectivity index (χ0n) is 22.4. The molecule has 0 aromatic carbocycles. The van der Waals surface area contributed by atoms with Crippen molar-refractivity contribution in [3.63, 3.8) is 0 Å². The molecule has 4 unspecified atom stereocenters. The Balaban J connectivity index is 2.01. The second-order valence-electron chi connectivity index (χ2n) is 10.9. The number of ketones is 3. The van der Waals surface area contributed by atoms with Crippen molar-refractivity contribution >= 4 is 29.3 Å². The highest BCUT2D eigenvalue weighted by atomic mass is 16.6. The van der Waals surface area contributed by atoms with Crippen molar-refractivity contribution in [2.45, 2.75) is 52.2 Å². The maximum Gasteiger partial charge on any atom is 0.336 e. The van der Waals surface area contributed by atoms with E-state index in [1.54, 1.807) is 30.9 Å². The van der Waals surface area contributed by atoms with Gasteiger partial charge in [-0.05, 0) is 12.0 Å². The highest BCUT2D eigenvalue weighted by Crippen LogP contribution is 2.62. The molecule has 0 bridgehead atoms. The number of carbonyl (C=O) groups is 5. The van der Waals surface area contributed by atoms with E-state index >= 15 is 0 Å². The Hall–Kier alpha value is -3.33. The second-order valence-corrected chi connectivity index (χ2v) is 10.9. The van der Waals surface area contributed by atoms with E-state index in [2.05, 4.69) is 13.2 Å². The molecule has 0 amide bonds. The number of ether oxygens (including phenoxy) is 3. The number of allylic oxidation sites excluding steroid dienone is 1. The number of hydrogen-bond donors (Lipinski definition) is 0. The molecule has 38 heavy (non-hydrogen) atoms. The Morgan fingerprint density at radius 3 is 2.39 bits per heavy atom. The number of nitrogens with zero attached hydrogens (tertiary/aromatic N) is 1. The summed E-state index contributed by atoms with van der Waals surface area (Å²) in [6.07, 6.45) is 3.82. The van der Waals surface area contributed by atoms with Crippen molar-refractivity contribution in [2.24, 2.45) is 22.7 Å². The minimum Gasteiger partial charge on any atom is -0.458 e. The van der Waals surface area contributed by atoms with Gasteiger partial charge in [0.05, 0.1) is 18.1 Å². The zero-order chi connectivity index (χ0) is 28.0. The third-order valence-corrected chi connectivity index (χ3v) is 8.69. The molecule has 2 fully saturated rings. The summed E-state index contributed by atoms with van der Waals surface area (Å²) >= 11 is 0. The summed E-state index contributed by atoms with van der Waals surface area (Å²) < 4.78 is 17.1. The summed E-state index contributed by atoms with van der Waals surface area (Å²) in [5.74, 6) is -4.47. The molecule has 9 heteroatoms. The smallest absolute Gasteiger partial charge is 0.336 e. The van der Waals surface area contributed by atoms with E-state index in [4.69, 9.17) is 14.2 Å². The second kappa shape index (κ2) is 10.1. The number of hydrogen-bond acceptors (Lipinski definition) is 9. The largest absolute Gasteiger partial charge is 0.458 e. The van der Waals surface area contributed by atoms with Crippen molar-refractivity contribution < 1.29 is 38.2 Å². The summed E-state index contributed by atoms with van der Waals surface area (Å²) in [4.78, 5) is 68.3. The Labute approximate surface area is 222 Å². The number of cyclic esters (lactones) is 1. The van der Waals surface area contributed by atoms with E-state index in [1.807, 2.05) is 0 Å². The lowest BCUT2D eigenvalue weighted by Crippen LogP contribution is -2.62. The molecule has 1 saturated heterocycles. The highest BCUT2D eigenvalue weighted by molar-refractivity contribution is 6.47. The van der Waals surface area contributed by atoms with Gasteiger partial charge in [-0.15, -0.1) is 13.2 Å². The highest BCUT2D eigenvalue weighted by Gasteiger charge is 2.67. The lowest BCUT2D eigenvalue weighted by Gasteiger charge is -2.55. The summed E-state index contributed by atoms with van der Waals surface area (Å²) in [6.45, 7) is 13.0. The van der Waals surface area contributed by atoms with E-state index in [9.17, 15) is 24.0 Å². The third kappa shape index (κ3) is 4.08. The Bertz CT molecular complexity index is 1170. The monoisotopic (exact) mass is 525 g/mol. The molecule has 1 aliphatic heterocycles. The van der Waals surface area contributed by atoms with Gasteiger partial charge in [-0.2, -0.15) is 0 Å². The fraction of sp³-hybridized carbons (Fsp3) is 0.552. The topological polar surface area (TPSA) is 116 Å². The van der Waals surface area contributed by atoms with Crippen molar-refractivity contribution in [1.82, 2.24) is 4.90 Å². The fourth-order valence-corrected chi connectivity index (χ4v) is 7.01. The summed E-state index contributed by atoms with van der Waals surface area (Å²) in [7, 11) is 1.45. The SMILES string of the molecule is C=CCN(/C=C1\C(=O)OC(COC)[C@]2(C)C3=C(C(=O)C(=O)C12)C1CCC(=O)[C@@]1(C)CC3OC(C)=O)CC=C. The Morgan fingerprint density at radius 1 is 1.16 bits per heavy atom. The van der Waals surface area contributed by atoms with Crippen LogP contribution in [-0.4, -0.2) is 73.2 Å². The van der Waals surface area contributed by atoms with Gasteiger partial charge in [0.2, 0.25) is 11.6 Å². The molecule has 0 N–H and O–H groups in total. The molecule has 6 atom stereocenters. The van der Waals surface area contributed by atoms with Crippen LogP contribution in [0.1, 0.15) is 40.0 Å². The van der Waals surface area contributed by atoms with Crippen LogP contribution in [0.25, 0.3) is 0 Å². The first-order valence-electron chi connectivity index (χ1n) is 12.9. The van der Waals surface area contributed by atoms with Crippen LogP contribution in [-0.2, 0) is 38.2 Å². The van der Waals surface area contributed by atoms with Crippen molar-refractivity contribution in [3.05, 3.63) is 48.2 Å². The van der Waals surface area contributed by atoms with Crippen LogP contribution < -0.4 is 0 Å². The molecule has 0 spiro atoms. The molecule has 204 valence electrons. The minimum absolute atomic E-state index is 0.0210. The van der Waals surface area contributed by atoms with Gasteiger partial charge in [0.15, 0.2) is 0 Å². The van der Waals surface area contributed by atoms with Gasteiger partial charge in [0, 0.05) is 68.5 Å². The van der Waals surface area contributed by atoms with Gasteiger partial charge in [-0.3, -0.25) is 19.2 Å². The molecular formula is C29H35NO8. The number of methoxy groups -OCH3 is 1. The molecule has 1 saturated carbocycles. The number of esters is 2. The molecule has 4 aliphatic rings. The minimum atomic E-state index is -1.25. The zero-order valence-corrected chi connectivity index (χ0v) is 22.4. The van der Waals surface area contributed by atoms with Gasteiger partial charge in [0.1, 0.15) is 18.0 Å². The van der Waals surface area contributed by atoms with Crippen LogP contribution in [0.3, 0.4) is 0 Å². The molecule has 1 heterocycles. The molecule has 4 rings (SSSR count). The van der Waals surface area contributed by atoms with Crippen LogP contribution in [0.2, 0.25) is 0 Å². The van der Waals surface area contributed by atoms with Crippen LogP contribution >= 0.6 is 0 Å². The lowest BCUT2D eigenvalue weighted by molar-refractivity contribution is -0.174. The fourth-order valence-electron chi connectivity index (χ4n) is 7.01. The molecule has 0 radical (unpaired) electrons. The quantitative estimate of drug-likeness (QED) is 0.204. The maximum absolute atomic E-state index is 14.0. The normalized spacial score (nSPS) is 35.3. The summed E-state index contributed by atoms with van der Waals surface area (Å²) in [5.41, 5.74) is -1.47. The maximum atomic E-state index is 14.0. The lowest BCUT2D eigenvalue weighted by atomic mass is 9.50. The van der Waals surface area contributed by atoms with Gasteiger partial charge in [0.25, 0.3) is 0 Å². The van der Waals surface area contributed by atoms with Crippen LogP contribution in [0.15, 0.2) is 48.2 Å². The first-order chi connectivity index (χ1) is 17.9. The standard InChI is InChI=1S/C29H35NO8/c1-7-11-30(12-8-2)14-17-23-26(34)25(33)22-18-9-10-20(32)28(18,4)13-19(37-16(3)31)24(22)29(23,5)21(15-36-6)38-27(17)35/h7-8,14,18-19,21,23H,1-2,9-13,15H2,3-6H3/b17-14-/t18?,19?,21?,23?,28-,29-/m0/s1. The van der Waals surface area contributed by atoms with Gasteiger partial charge >= 0.3 is 11.9 Å². The summed E-state index contributed by atoms with van der Waals surface area (Å²) in [6, 6.07) is 0. The number of carbonyl (C=O) groups excluding carboxylic acids is 5. The van der Waals surface area contributed by atoms with Crippen molar-refractivity contribution in [3.8, 4) is 0 Å². The van der Waals surface area contributed by atoms with E-state index in [0.717, 1.165) is 0 Å². The van der Waals surface area contributed by atoms with Crippen LogP contribution in [0, 0.1) is 22.7 Å². The number of rotatable bonds is 8. The van der Waals surface area contributed by atoms with Crippen molar-refractivity contribution in [2.75, 3.05) is 26.8 Å². The number of fused-ring (bicyclic) bond motifs is 4. The van der Waals surface area contributed by atoms with Crippen molar-refractivity contribution in [1.29, 1.82) is 0 Å². The first kappa shape index (κ1) is 27.7. The molecule has 0 aromatic rings. The predicted molar refractivity (Wildman–Crippen MR) is 136 cm³/mol. The first-order valence-corrected chi connectivity index (χ1v) is 12.9. The third-order valence-electron chi connectivity index (χ3n) is 8.69. The van der Waals surface area contributed by atoms with Gasteiger partial charge < -0.3 is 19.1 Å². The molecule has 9 nitrogen and oxygen atoms in total. The van der Waals surface area contributed by atoms with Crippen LogP contribution in [0.4, 0.5) is 0 Å². The Kier molecular flexibility index (Phi) is 7.36. The van der Waals surface area contributed by atoms with E-state index in [0.29, 0.717) is 25.1 Å². The molecular weight excluding hydrogens is 490 g/mol. The van der Waals surface area contributed by atoms with Gasteiger partial charge in [-0.1, -0.05) is 26.0 Å². The molecule has 0 aromatic heterocycles. The van der Waals surface area contributed by atoms with Gasteiger partial charge in [-0.25, -0.2) is 4.79 Å². The summed E-state index contributed by atoms with van der Waals surface area (Å²) in [5, 5.41) is 0. The van der Waals surface area contributed by atoms with E-state index in [1.165, 1.54) is 20.2 Å². The molecule has 3 aliphatic carbocycles. The van der Waals surface area contributed by atoms with E-state index in [-0.39, 0.29) is 36.4 Å². The average Bonchev–Trinajstić information content (AvgIpc) is 3.13. The predicted octanol–water partition coefficient (Wildman–Crippen LogP) is 2.51. The average molecular weight is 526 g/mol. The van der Waals surface area contributed by atoms with E-state index < -0.39 is 58.4 Å².